The number of aromatic hydroxyl groups is 1. The molecule has 23 heavy (non-hydrogen) atoms. The number of ether oxygens (including phenoxy) is 1. The van der Waals surface area contributed by atoms with Gasteiger partial charge in [-0.1, -0.05) is 25.8 Å². The van der Waals surface area contributed by atoms with E-state index in [1.54, 1.807) is 12.1 Å². The molecule has 0 bridgehead atoms. The number of phenolic OH excluding ortho intramolecular Hbond substituents is 1. The van der Waals surface area contributed by atoms with Crippen LogP contribution in [0.25, 0.3) is 6.08 Å². The van der Waals surface area contributed by atoms with Crippen LogP contribution in [0.3, 0.4) is 0 Å². The standard InChI is InChI=1S/C18H22N2O3/c1-12-5-3-4-6-15(12)20-18(22)14(11-19)9-13-7-8-16(21)17(10-13)23-2/h7-10,12,15,21H,3-6H2,1-2H3,(H,20,22)/b14-9+/t12-,15-/m0/s1. The van der Waals surface area contributed by atoms with E-state index in [2.05, 4.69) is 12.2 Å². The van der Waals surface area contributed by atoms with Gasteiger partial charge in [-0.2, -0.15) is 5.26 Å². The molecule has 1 fully saturated rings. The van der Waals surface area contributed by atoms with Gasteiger partial charge < -0.3 is 15.2 Å². The lowest BCUT2D eigenvalue weighted by molar-refractivity contribution is -0.118. The van der Waals surface area contributed by atoms with Crippen LogP contribution in [0.1, 0.15) is 38.2 Å². The van der Waals surface area contributed by atoms with Crippen molar-refractivity contribution in [3.63, 3.8) is 0 Å². The molecular weight excluding hydrogens is 292 g/mol. The zero-order chi connectivity index (χ0) is 16.8. The molecule has 5 heteroatoms. The summed E-state index contributed by atoms with van der Waals surface area (Å²) in [7, 11) is 1.45. The molecule has 1 aromatic carbocycles. The predicted molar refractivity (Wildman–Crippen MR) is 87.8 cm³/mol. The number of nitrogens with one attached hydrogen (secondary N) is 1. The number of carbonyl (C=O) groups excluding carboxylic acids is 1. The number of rotatable bonds is 4. The van der Waals surface area contributed by atoms with Gasteiger partial charge in [0.2, 0.25) is 0 Å². The first-order valence-electron chi connectivity index (χ1n) is 7.84. The molecule has 0 aliphatic heterocycles. The number of nitrogens with zero attached hydrogens (tertiary/aromatic N) is 1. The van der Waals surface area contributed by atoms with Gasteiger partial charge in [-0.05, 0) is 42.5 Å². The van der Waals surface area contributed by atoms with E-state index in [-0.39, 0.29) is 23.3 Å². The monoisotopic (exact) mass is 314 g/mol. The molecule has 2 atom stereocenters. The highest BCUT2D eigenvalue weighted by molar-refractivity contribution is 6.01. The zero-order valence-electron chi connectivity index (χ0n) is 13.5. The minimum atomic E-state index is -0.349. The molecule has 0 saturated heterocycles. The summed E-state index contributed by atoms with van der Waals surface area (Å²) in [5, 5.41) is 21.8. The Balaban J connectivity index is 2.15. The summed E-state index contributed by atoms with van der Waals surface area (Å²) in [6.45, 7) is 2.13. The molecule has 1 amide bonds. The summed E-state index contributed by atoms with van der Waals surface area (Å²) in [4.78, 5) is 12.3. The fourth-order valence-electron chi connectivity index (χ4n) is 2.88. The van der Waals surface area contributed by atoms with Gasteiger partial charge in [-0.25, -0.2) is 0 Å². The van der Waals surface area contributed by atoms with Gasteiger partial charge >= 0.3 is 0 Å². The molecule has 0 aromatic heterocycles. The highest BCUT2D eigenvalue weighted by Crippen LogP contribution is 2.27. The number of benzene rings is 1. The van der Waals surface area contributed by atoms with Gasteiger partial charge in [-0.15, -0.1) is 0 Å². The second-order valence-electron chi connectivity index (χ2n) is 5.94. The fourth-order valence-corrected chi connectivity index (χ4v) is 2.88. The summed E-state index contributed by atoms with van der Waals surface area (Å²) in [5.41, 5.74) is 0.679. The van der Waals surface area contributed by atoms with Crippen molar-refractivity contribution in [1.29, 1.82) is 5.26 Å². The Bertz CT molecular complexity index is 646. The number of amides is 1. The summed E-state index contributed by atoms with van der Waals surface area (Å²) >= 11 is 0. The van der Waals surface area contributed by atoms with Gasteiger partial charge in [0.1, 0.15) is 11.6 Å². The van der Waals surface area contributed by atoms with E-state index in [0.29, 0.717) is 17.2 Å². The average Bonchev–Trinajstić information content (AvgIpc) is 2.56. The SMILES string of the molecule is COc1cc(/C=C(\C#N)C(=O)N[C@H]2CCCC[C@@H]2C)ccc1O. The summed E-state index contributed by atoms with van der Waals surface area (Å²) < 4.78 is 5.03. The second-order valence-corrected chi connectivity index (χ2v) is 5.94. The zero-order valence-corrected chi connectivity index (χ0v) is 13.5. The maximum absolute atomic E-state index is 12.3. The van der Waals surface area contributed by atoms with Crippen LogP contribution in [0.5, 0.6) is 11.5 Å². The molecule has 0 spiro atoms. The van der Waals surface area contributed by atoms with Gasteiger partial charge in [-0.3, -0.25) is 4.79 Å². The minimum absolute atomic E-state index is 0.0173. The van der Waals surface area contributed by atoms with Gasteiger partial charge in [0, 0.05) is 6.04 Å². The molecular formula is C18H22N2O3. The molecule has 122 valence electrons. The smallest absolute Gasteiger partial charge is 0.262 e. The van der Waals surface area contributed by atoms with E-state index in [4.69, 9.17) is 4.74 Å². The first kappa shape index (κ1) is 16.9. The lowest BCUT2D eigenvalue weighted by atomic mass is 9.86. The number of methoxy groups -OCH3 is 1. The predicted octanol–water partition coefficient (Wildman–Crippen LogP) is 3.00. The van der Waals surface area contributed by atoms with Gasteiger partial charge in [0.05, 0.1) is 7.11 Å². The average molecular weight is 314 g/mol. The first-order chi connectivity index (χ1) is 11.0. The topological polar surface area (TPSA) is 82.3 Å². The Hall–Kier alpha value is -2.48. The molecule has 2 rings (SSSR count). The third-order valence-corrected chi connectivity index (χ3v) is 4.31. The van der Waals surface area contributed by atoms with Crippen LogP contribution >= 0.6 is 0 Å². The molecule has 1 aliphatic carbocycles. The van der Waals surface area contributed by atoms with Gasteiger partial charge in [0.15, 0.2) is 11.5 Å². The maximum atomic E-state index is 12.3. The number of carbonyl (C=O) groups is 1. The van der Waals surface area contributed by atoms with Crippen molar-refractivity contribution >= 4 is 12.0 Å². The van der Waals surface area contributed by atoms with Gasteiger partial charge in [0.25, 0.3) is 5.91 Å². The van der Waals surface area contributed by atoms with Crippen molar-refractivity contribution in [3.05, 3.63) is 29.3 Å². The van der Waals surface area contributed by atoms with Crippen LogP contribution in [0.2, 0.25) is 0 Å². The molecule has 2 N–H and O–H groups in total. The highest BCUT2D eigenvalue weighted by atomic mass is 16.5. The van der Waals surface area contributed by atoms with E-state index in [0.717, 1.165) is 19.3 Å². The Kier molecular flexibility index (Phi) is 5.64. The highest BCUT2D eigenvalue weighted by Gasteiger charge is 2.24. The van der Waals surface area contributed by atoms with Crippen molar-refractivity contribution < 1.29 is 14.6 Å². The summed E-state index contributed by atoms with van der Waals surface area (Å²) in [6, 6.07) is 6.77. The van der Waals surface area contributed by atoms with Crippen LogP contribution in [-0.2, 0) is 4.79 Å². The lowest BCUT2D eigenvalue weighted by Gasteiger charge is -2.29. The van der Waals surface area contributed by atoms with Crippen molar-refractivity contribution in [2.24, 2.45) is 5.92 Å². The van der Waals surface area contributed by atoms with Crippen molar-refractivity contribution in [1.82, 2.24) is 5.32 Å². The van der Waals surface area contributed by atoms with Crippen molar-refractivity contribution in [2.45, 2.75) is 38.6 Å². The van der Waals surface area contributed by atoms with Crippen molar-refractivity contribution in [3.8, 4) is 17.6 Å². The number of nitriles is 1. The van der Waals surface area contributed by atoms with Crippen molar-refractivity contribution in [2.75, 3.05) is 7.11 Å². The van der Waals surface area contributed by atoms with Crippen LogP contribution < -0.4 is 10.1 Å². The third-order valence-electron chi connectivity index (χ3n) is 4.31. The minimum Gasteiger partial charge on any atom is -0.504 e. The Morgan fingerprint density at radius 3 is 2.83 bits per heavy atom. The Morgan fingerprint density at radius 1 is 1.43 bits per heavy atom. The van der Waals surface area contributed by atoms with E-state index >= 15 is 0 Å². The maximum Gasteiger partial charge on any atom is 0.262 e. The fraction of sp³-hybridized carbons (Fsp3) is 0.444. The number of hydrogen-bond acceptors (Lipinski definition) is 4. The van der Waals surface area contributed by atoms with E-state index in [1.807, 2.05) is 6.07 Å². The molecule has 1 aromatic rings. The largest absolute Gasteiger partial charge is 0.504 e. The molecule has 0 heterocycles. The summed E-state index contributed by atoms with van der Waals surface area (Å²) in [6.07, 6.45) is 5.87. The third kappa shape index (κ3) is 4.26. The van der Waals surface area contributed by atoms with Crippen LogP contribution in [0.15, 0.2) is 23.8 Å². The van der Waals surface area contributed by atoms with E-state index in [9.17, 15) is 15.2 Å². The molecule has 0 radical (unpaired) electrons. The number of phenols is 1. The van der Waals surface area contributed by atoms with Crippen LogP contribution in [0, 0.1) is 17.2 Å². The summed E-state index contributed by atoms with van der Waals surface area (Å²) in [5.74, 6) is 0.403. The van der Waals surface area contributed by atoms with E-state index in [1.165, 1.54) is 25.7 Å². The lowest BCUT2D eigenvalue weighted by Crippen LogP contribution is -2.41. The molecule has 1 saturated carbocycles. The Morgan fingerprint density at radius 2 is 2.17 bits per heavy atom. The molecule has 0 unspecified atom stereocenters. The quantitative estimate of drug-likeness (QED) is 0.661. The van der Waals surface area contributed by atoms with Crippen LogP contribution in [-0.4, -0.2) is 24.2 Å². The second kappa shape index (κ2) is 7.68. The number of hydrogen-bond donors (Lipinski definition) is 2. The Labute approximate surface area is 136 Å². The van der Waals surface area contributed by atoms with Crippen LogP contribution in [0.4, 0.5) is 0 Å². The normalized spacial score (nSPS) is 21.3. The molecule has 5 nitrogen and oxygen atoms in total. The first-order valence-corrected chi connectivity index (χ1v) is 7.84. The molecule has 1 aliphatic rings. The van der Waals surface area contributed by atoms with E-state index < -0.39 is 0 Å².